The van der Waals surface area contributed by atoms with E-state index < -0.39 is 23.4 Å². The minimum Gasteiger partial charge on any atom is -0.478 e. The second-order valence-electron chi connectivity index (χ2n) is 6.24. The summed E-state index contributed by atoms with van der Waals surface area (Å²) >= 11 is 0. The zero-order chi connectivity index (χ0) is 18.2. The first-order valence-corrected chi connectivity index (χ1v) is 7.54. The molecule has 1 atom stereocenters. The lowest BCUT2D eigenvalue weighted by Crippen LogP contribution is -2.57. The number of carboxylic acids is 1. The molecule has 1 aromatic carbocycles. The summed E-state index contributed by atoms with van der Waals surface area (Å²) in [7, 11) is 0. The highest BCUT2D eigenvalue weighted by Crippen LogP contribution is 2.19. The minimum atomic E-state index is -2.04. The molecular weight excluding hydrogens is 314 g/mol. The number of carbonyl (C=O) groups is 3. The number of carbonyl (C=O) groups excluding carboxylic acids is 2. The molecule has 0 aromatic heterocycles. The molecule has 0 saturated heterocycles. The monoisotopic (exact) mass is 337 g/mol. The van der Waals surface area contributed by atoms with Crippen molar-refractivity contribution in [2.24, 2.45) is 0 Å². The van der Waals surface area contributed by atoms with Gasteiger partial charge in [0, 0.05) is 12.8 Å². The van der Waals surface area contributed by atoms with Gasteiger partial charge in [0.1, 0.15) is 11.9 Å². The molecule has 0 aliphatic carbocycles. The Morgan fingerprint density at radius 1 is 1.21 bits per heavy atom. The number of amides is 1. The van der Waals surface area contributed by atoms with Crippen LogP contribution in [-0.2, 0) is 25.7 Å². The van der Waals surface area contributed by atoms with Crippen molar-refractivity contribution in [3.63, 3.8) is 0 Å². The van der Waals surface area contributed by atoms with Gasteiger partial charge >= 0.3 is 12.1 Å². The third-order valence-electron chi connectivity index (χ3n) is 2.99. The molecule has 0 spiro atoms. The Bertz CT molecular complexity index is 566. The molecule has 1 rings (SSSR count). The molecule has 132 valence electrons. The van der Waals surface area contributed by atoms with E-state index in [4.69, 9.17) is 9.47 Å². The van der Waals surface area contributed by atoms with Crippen molar-refractivity contribution < 1.29 is 29.0 Å². The zero-order valence-electron chi connectivity index (χ0n) is 14.1. The number of nitrogens with one attached hydrogen (secondary N) is 1. The highest BCUT2D eigenvalue weighted by Gasteiger charge is 2.42. The summed E-state index contributed by atoms with van der Waals surface area (Å²) in [6.45, 7) is 4.93. The molecule has 1 aromatic rings. The quantitative estimate of drug-likeness (QED) is 0.558. The predicted molar refractivity (Wildman–Crippen MR) is 86.3 cm³/mol. The highest BCUT2D eigenvalue weighted by molar-refractivity contribution is 5.83. The average Bonchev–Trinajstić information content (AvgIpc) is 2.49. The summed E-state index contributed by atoms with van der Waals surface area (Å²) in [6.07, 6.45) is -0.654. The van der Waals surface area contributed by atoms with Crippen LogP contribution in [0.2, 0.25) is 0 Å². The van der Waals surface area contributed by atoms with Gasteiger partial charge in [0.2, 0.25) is 5.72 Å². The van der Waals surface area contributed by atoms with Gasteiger partial charge in [-0.15, -0.1) is 0 Å². The largest absolute Gasteiger partial charge is 0.478 e. The molecule has 1 amide bonds. The van der Waals surface area contributed by atoms with Gasteiger partial charge < -0.3 is 19.4 Å². The zero-order valence-corrected chi connectivity index (χ0v) is 14.1. The lowest BCUT2D eigenvalue weighted by molar-refractivity contribution is -0.174. The number of alkyl carbamates (subject to hydrolysis) is 1. The van der Waals surface area contributed by atoms with Crippen LogP contribution in [0.4, 0.5) is 4.79 Å². The van der Waals surface area contributed by atoms with Gasteiger partial charge in [-0.3, -0.25) is 5.32 Å². The maximum atomic E-state index is 12.0. The molecular formula is C17H23NO6. The van der Waals surface area contributed by atoms with E-state index in [9.17, 15) is 19.5 Å². The van der Waals surface area contributed by atoms with E-state index in [1.165, 1.54) is 0 Å². The van der Waals surface area contributed by atoms with E-state index in [0.717, 1.165) is 5.56 Å². The molecule has 0 heterocycles. The van der Waals surface area contributed by atoms with Gasteiger partial charge in [-0.25, -0.2) is 9.59 Å². The molecule has 0 fully saturated rings. The van der Waals surface area contributed by atoms with Gasteiger partial charge in [0.05, 0.1) is 6.61 Å². The van der Waals surface area contributed by atoms with Crippen LogP contribution in [0.5, 0.6) is 0 Å². The molecule has 0 saturated carbocycles. The summed E-state index contributed by atoms with van der Waals surface area (Å²) in [4.78, 5) is 34.4. The van der Waals surface area contributed by atoms with Gasteiger partial charge in [-0.2, -0.15) is 0 Å². The molecule has 7 heteroatoms. The molecule has 0 aliphatic heterocycles. The maximum absolute atomic E-state index is 12.0. The molecule has 24 heavy (non-hydrogen) atoms. The number of rotatable bonds is 8. The SMILES string of the molecule is CC(C)(C)OC(=O)NC(CCC=O)(OCc1ccccc1)C(=O)O. The van der Waals surface area contributed by atoms with Gasteiger partial charge in [0.25, 0.3) is 0 Å². The number of hydrogen-bond acceptors (Lipinski definition) is 5. The first-order valence-electron chi connectivity index (χ1n) is 7.54. The Morgan fingerprint density at radius 2 is 1.83 bits per heavy atom. The Hall–Kier alpha value is -2.41. The number of aliphatic carboxylic acids is 1. The van der Waals surface area contributed by atoms with E-state index in [1.54, 1.807) is 45.0 Å². The van der Waals surface area contributed by atoms with Crippen LogP contribution in [0.15, 0.2) is 30.3 Å². The van der Waals surface area contributed by atoms with E-state index >= 15 is 0 Å². The fourth-order valence-corrected chi connectivity index (χ4v) is 1.90. The first kappa shape index (κ1) is 19.6. The summed E-state index contributed by atoms with van der Waals surface area (Å²) < 4.78 is 10.6. The smallest absolute Gasteiger partial charge is 0.410 e. The van der Waals surface area contributed by atoms with Crippen LogP contribution in [0.3, 0.4) is 0 Å². The van der Waals surface area contributed by atoms with E-state index in [2.05, 4.69) is 5.32 Å². The first-order chi connectivity index (χ1) is 11.2. The van der Waals surface area contributed by atoms with E-state index in [0.29, 0.717) is 6.29 Å². The van der Waals surface area contributed by atoms with Crippen LogP contribution < -0.4 is 5.32 Å². The maximum Gasteiger partial charge on any atom is 0.410 e. The summed E-state index contributed by atoms with van der Waals surface area (Å²) in [5, 5.41) is 11.8. The second kappa shape index (κ2) is 8.44. The third-order valence-corrected chi connectivity index (χ3v) is 2.99. The molecule has 1 unspecified atom stereocenters. The van der Waals surface area contributed by atoms with Gasteiger partial charge in [-0.05, 0) is 26.3 Å². The van der Waals surface area contributed by atoms with E-state index in [-0.39, 0.29) is 19.4 Å². The standard InChI is InChI=1S/C17H23NO6/c1-16(2,3)24-15(22)18-17(14(20)21,10-7-11-19)23-12-13-8-5-4-6-9-13/h4-6,8-9,11H,7,10,12H2,1-3H3,(H,18,22)(H,20,21). The lowest BCUT2D eigenvalue weighted by atomic mass is 10.1. The summed E-state index contributed by atoms with van der Waals surface area (Å²) in [5.74, 6) is -1.40. The third kappa shape index (κ3) is 6.37. The van der Waals surface area contributed by atoms with Crippen molar-refractivity contribution in [3.05, 3.63) is 35.9 Å². The Morgan fingerprint density at radius 3 is 2.33 bits per heavy atom. The number of ether oxygens (including phenoxy) is 2. The minimum absolute atomic E-state index is 0.0399. The highest BCUT2D eigenvalue weighted by atomic mass is 16.6. The molecule has 7 nitrogen and oxygen atoms in total. The van der Waals surface area contributed by atoms with Crippen LogP contribution >= 0.6 is 0 Å². The summed E-state index contributed by atoms with van der Waals surface area (Å²) in [5.41, 5.74) is -2.10. The van der Waals surface area contributed by atoms with Gasteiger partial charge in [0.15, 0.2) is 0 Å². The van der Waals surface area contributed by atoms with E-state index in [1.807, 2.05) is 6.07 Å². The van der Waals surface area contributed by atoms with Crippen molar-refractivity contribution >= 4 is 18.3 Å². The van der Waals surface area contributed by atoms with Crippen LogP contribution in [0, 0.1) is 0 Å². The topological polar surface area (TPSA) is 102 Å². The predicted octanol–water partition coefficient (Wildman–Crippen LogP) is 2.49. The van der Waals surface area contributed by atoms with Crippen LogP contribution in [-0.4, -0.2) is 34.8 Å². The van der Waals surface area contributed by atoms with Crippen molar-refractivity contribution in [1.29, 1.82) is 0 Å². The van der Waals surface area contributed by atoms with Crippen molar-refractivity contribution in [2.75, 3.05) is 0 Å². The Kier molecular flexibility index (Phi) is 6.91. The van der Waals surface area contributed by atoms with Crippen molar-refractivity contribution in [2.45, 2.75) is 51.5 Å². The summed E-state index contributed by atoms with van der Waals surface area (Å²) in [6, 6.07) is 8.92. The second-order valence-corrected chi connectivity index (χ2v) is 6.24. The number of benzene rings is 1. The molecule has 0 bridgehead atoms. The Labute approximate surface area is 141 Å². The number of aldehydes is 1. The fraction of sp³-hybridized carbons (Fsp3) is 0.471. The average molecular weight is 337 g/mol. The number of carboxylic acid groups (broad SMARTS) is 1. The fourth-order valence-electron chi connectivity index (χ4n) is 1.90. The van der Waals surface area contributed by atoms with Crippen LogP contribution in [0.25, 0.3) is 0 Å². The van der Waals surface area contributed by atoms with Gasteiger partial charge in [-0.1, -0.05) is 30.3 Å². The van der Waals surface area contributed by atoms with Crippen molar-refractivity contribution in [3.8, 4) is 0 Å². The molecule has 0 aliphatic rings. The molecule has 2 N–H and O–H groups in total. The number of hydrogen-bond donors (Lipinski definition) is 2. The molecule has 0 radical (unpaired) electrons. The Balaban J connectivity index is 2.93. The normalized spacial score (nSPS) is 13.6. The van der Waals surface area contributed by atoms with Crippen molar-refractivity contribution in [1.82, 2.24) is 5.32 Å². The lowest BCUT2D eigenvalue weighted by Gasteiger charge is -2.31. The van der Waals surface area contributed by atoms with Crippen LogP contribution in [0.1, 0.15) is 39.2 Å².